The van der Waals surface area contributed by atoms with Crippen molar-refractivity contribution in [2.45, 2.75) is 47.5 Å². The smallest absolute Gasteiger partial charge is 0.229 e. The number of hydrogen-bond acceptors (Lipinski definition) is 4. The highest BCUT2D eigenvalue weighted by Crippen LogP contribution is 2.27. The topological polar surface area (TPSA) is 41.1 Å². The zero-order valence-corrected chi connectivity index (χ0v) is 15.5. The Hall–Kier alpha value is -2.10. The molecule has 1 fully saturated rings. The number of nitrogens with zero attached hydrogens (tertiary/aromatic N) is 3. The van der Waals surface area contributed by atoms with Gasteiger partial charge in [-0.25, -0.2) is 4.98 Å². The average Bonchev–Trinajstić information content (AvgIpc) is 2.51. The van der Waals surface area contributed by atoms with E-state index >= 15 is 0 Å². The Balaban J connectivity index is 1.87. The molecule has 1 aromatic heterocycles. The van der Waals surface area contributed by atoms with Crippen LogP contribution in [0, 0.1) is 33.6 Å². The SMILES string of the molecule is Cc1cc(C)c(Nc2nc(C)cc(N3CCC(C)CC3)n2)c(C)c1. The fourth-order valence-electron chi connectivity index (χ4n) is 3.50. The average molecular weight is 324 g/mol. The highest BCUT2D eigenvalue weighted by Gasteiger charge is 2.18. The maximum absolute atomic E-state index is 4.79. The lowest BCUT2D eigenvalue weighted by Crippen LogP contribution is -2.33. The van der Waals surface area contributed by atoms with Crippen LogP contribution in [0.25, 0.3) is 0 Å². The van der Waals surface area contributed by atoms with Gasteiger partial charge in [0.15, 0.2) is 0 Å². The van der Waals surface area contributed by atoms with Crippen LogP contribution < -0.4 is 10.2 Å². The first-order valence-corrected chi connectivity index (χ1v) is 8.88. The van der Waals surface area contributed by atoms with Gasteiger partial charge in [0.2, 0.25) is 5.95 Å². The van der Waals surface area contributed by atoms with Gasteiger partial charge in [-0.3, -0.25) is 0 Å². The second-order valence-electron chi connectivity index (χ2n) is 7.26. The van der Waals surface area contributed by atoms with Crippen LogP contribution in [-0.2, 0) is 0 Å². The molecule has 0 bridgehead atoms. The number of aromatic nitrogens is 2. The minimum Gasteiger partial charge on any atom is -0.356 e. The summed E-state index contributed by atoms with van der Waals surface area (Å²) in [7, 11) is 0. The van der Waals surface area contributed by atoms with Crippen LogP contribution in [0.4, 0.5) is 17.5 Å². The number of aryl methyl sites for hydroxylation is 4. The number of piperidine rings is 1. The Labute approximate surface area is 145 Å². The molecular formula is C20H28N4. The van der Waals surface area contributed by atoms with Gasteiger partial charge in [-0.1, -0.05) is 24.6 Å². The van der Waals surface area contributed by atoms with E-state index in [0.717, 1.165) is 36.2 Å². The van der Waals surface area contributed by atoms with E-state index in [2.05, 4.69) is 61.1 Å². The number of anilines is 3. The molecule has 3 rings (SSSR count). The quantitative estimate of drug-likeness (QED) is 0.889. The zero-order valence-electron chi connectivity index (χ0n) is 15.5. The van der Waals surface area contributed by atoms with Crippen molar-refractivity contribution in [2.75, 3.05) is 23.3 Å². The molecule has 1 saturated heterocycles. The van der Waals surface area contributed by atoms with Crippen molar-refractivity contribution in [1.82, 2.24) is 9.97 Å². The highest BCUT2D eigenvalue weighted by atomic mass is 15.2. The molecule has 1 aromatic carbocycles. The summed E-state index contributed by atoms with van der Waals surface area (Å²) in [6.45, 7) is 12.9. The van der Waals surface area contributed by atoms with E-state index in [1.165, 1.54) is 29.5 Å². The predicted molar refractivity (Wildman–Crippen MR) is 101 cm³/mol. The van der Waals surface area contributed by atoms with E-state index in [4.69, 9.17) is 4.98 Å². The highest BCUT2D eigenvalue weighted by molar-refractivity contribution is 5.64. The summed E-state index contributed by atoms with van der Waals surface area (Å²) in [5.74, 6) is 2.55. The summed E-state index contributed by atoms with van der Waals surface area (Å²) in [5.41, 5.74) is 5.86. The zero-order chi connectivity index (χ0) is 17.3. The van der Waals surface area contributed by atoms with E-state index in [-0.39, 0.29) is 0 Å². The van der Waals surface area contributed by atoms with Gasteiger partial charge in [0.25, 0.3) is 0 Å². The van der Waals surface area contributed by atoms with Gasteiger partial charge < -0.3 is 10.2 Å². The molecule has 2 heterocycles. The van der Waals surface area contributed by atoms with E-state index in [1.54, 1.807) is 0 Å². The lowest BCUT2D eigenvalue weighted by molar-refractivity contribution is 0.436. The van der Waals surface area contributed by atoms with Crippen molar-refractivity contribution < 1.29 is 0 Å². The summed E-state index contributed by atoms with van der Waals surface area (Å²) in [6, 6.07) is 6.48. The maximum atomic E-state index is 4.79. The van der Waals surface area contributed by atoms with Gasteiger partial charge in [-0.2, -0.15) is 4.98 Å². The standard InChI is InChI=1S/C20H28N4/c1-13-6-8-24(9-7-13)18-12-17(5)21-20(22-18)23-19-15(3)10-14(2)11-16(19)4/h10-13H,6-9H2,1-5H3,(H,21,22,23). The second kappa shape index (κ2) is 6.80. The molecule has 24 heavy (non-hydrogen) atoms. The van der Waals surface area contributed by atoms with E-state index in [0.29, 0.717) is 5.95 Å². The first-order chi connectivity index (χ1) is 11.4. The summed E-state index contributed by atoms with van der Waals surface area (Å²) in [6.07, 6.45) is 2.48. The summed E-state index contributed by atoms with van der Waals surface area (Å²) < 4.78 is 0. The Morgan fingerprint density at radius 2 is 1.58 bits per heavy atom. The molecule has 0 saturated carbocycles. The molecule has 0 unspecified atom stereocenters. The Kier molecular flexibility index (Phi) is 4.74. The molecule has 0 amide bonds. The van der Waals surface area contributed by atoms with Crippen LogP contribution in [0.3, 0.4) is 0 Å². The Morgan fingerprint density at radius 3 is 2.21 bits per heavy atom. The molecule has 1 aliphatic heterocycles. The lowest BCUT2D eigenvalue weighted by Gasteiger charge is -2.31. The maximum Gasteiger partial charge on any atom is 0.229 e. The number of hydrogen-bond donors (Lipinski definition) is 1. The Bertz CT molecular complexity index is 707. The Morgan fingerprint density at radius 1 is 0.958 bits per heavy atom. The molecule has 0 aliphatic carbocycles. The molecule has 4 heteroatoms. The fraction of sp³-hybridized carbons (Fsp3) is 0.500. The minimum atomic E-state index is 0.693. The third-order valence-corrected chi connectivity index (χ3v) is 4.86. The molecule has 2 aromatic rings. The minimum absolute atomic E-state index is 0.693. The summed E-state index contributed by atoms with van der Waals surface area (Å²) in [5, 5.41) is 3.45. The van der Waals surface area contributed by atoms with Gasteiger partial charge in [-0.15, -0.1) is 0 Å². The first-order valence-electron chi connectivity index (χ1n) is 8.88. The molecule has 4 nitrogen and oxygen atoms in total. The van der Waals surface area contributed by atoms with Gasteiger partial charge >= 0.3 is 0 Å². The van der Waals surface area contributed by atoms with Crippen LogP contribution in [-0.4, -0.2) is 23.1 Å². The van der Waals surface area contributed by atoms with Crippen molar-refractivity contribution >= 4 is 17.5 Å². The second-order valence-corrected chi connectivity index (χ2v) is 7.26. The molecule has 0 atom stereocenters. The van der Waals surface area contributed by atoms with E-state index < -0.39 is 0 Å². The third kappa shape index (κ3) is 3.69. The molecule has 0 spiro atoms. The third-order valence-electron chi connectivity index (χ3n) is 4.86. The summed E-state index contributed by atoms with van der Waals surface area (Å²) >= 11 is 0. The molecule has 1 N–H and O–H groups in total. The van der Waals surface area contributed by atoms with Crippen LogP contribution in [0.1, 0.15) is 42.1 Å². The number of rotatable bonds is 3. The number of benzene rings is 1. The van der Waals surface area contributed by atoms with Gasteiger partial charge in [0.1, 0.15) is 5.82 Å². The molecular weight excluding hydrogens is 296 g/mol. The van der Waals surface area contributed by atoms with Crippen molar-refractivity contribution in [2.24, 2.45) is 5.92 Å². The molecule has 0 radical (unpaired) electrons. The molecule has 128 valence electrons. The van der Waals surface area contributed by atoms with Crippen molar-refractivity contribution in [3.63, 3.8) is 0 Å². The van der Waals surface area contributed by atoms with E-state index in [9.17, 15) is 0 Å². The normalized spacial score (nSPS) is 15.6. The summed E-state index contributed by atoms with van der Waals surface area (Å²) in [4.78, 5) is 11.8. The van der Waals surface area contributed by atoms with Crippen LogP contribution in [0.5, 0.6) is 0 Å². The van der Waals surface area contributed by atoms with Crippen molar-refractivity contribution in [3.05, 3.63) is 40.6 Å². The van der Waals surface area contributed by atoms with Crippen LogP contribution in [0.15, 0.2) is 18.2 Å². The van der Waals surface area contributed by atoms with Gasteiger partial charge in [0.05, 0.1) is 0 Å². The predicted octanol–water partition coefficient (Wildman–Crippen LogP) is 4.69. The number of nitrogens with one attached hydrogen (secondary N) is 1. The van der Waals surface area contributed by atoms with Crippen LogP contribution >= 0.6 is 0 Å². The largest absolute Gasteiger partial charge is 0.356 e. The molecule has 1 aliphatic rings. The van der Waals surface area contributed by atoms with E-state index in [1.807, 2.05) is 6.92 Å². The van der Waals surface area contributed by atoms with Crippen LogP contribution in [0.2, 0.25) is 0 Å². The lowest BCUT2D eigenvalue weighted by atomic mass is 9.99. The monoisotopic (exact) mass is 324 g/mol. The first kappa shape index (κ1) is 16.7. The van der Waals surface area contributed by atoms with Crippen molar-refractivity contribution in [1.29, 1.82) is 0 Å². The van der Waals surface area contributed by atoms with Crippen molar-refractivity contribution in [3.8, 4) is 0 Å². The van der Waals surface area contributed by atoms with Gasteiger partial charge in [-0.05, 0) is 57.6 Å². The fourth-order valence-corrected chi connectivity index (χ4v) is 3.50. The van der Waals surface area contributed by atoms with Gasteiger partial charge in [0, 0.05) is 30.5 Å².